The topological polar surface area (TPSA) is 55.1 Å². The summed E-state index contributed by atoms with van der Waals surface area (Å²) < 4.78 is 0. The fraction of sp³-hybridized carbons (Fsp3) is 0.917. The molecule has 1 rings (SSSR count). The third kappa shape index (κ3) is 3.82. The molecule has 0 spiro atoms. The van der Waals surface area contributed by atoms with E-state index in [4.69, 9.17) is 5.73 Å². The molecule has 0 aromatic heterocycles. The molecule has 1 saturated carbocycles. The summed E-state index contributed by atoms with van der Waals surface area (Å²) in [6, 6.07) is 0.0223. The molecule has 15 heavy (non-hydrogen) atoms. The highest BCUT2D eigenvalue weighted by atomic mass is 16.2. The Morgan fingerprint density at radius 2 is 2.27 bits per heavy atom. The maximum absolute atomic E-state index is 11.7. The Hall–Kier alpha value is -0.570. The van der Waals surface area contributed by atoms with Crippen molar-refractivity contribution in [3.05, 3.63) is 0 Å². The van der Waals surface area contributed by atoms with Crippen molar-refractivity contribution in [2.75, 3.05) is 0 Å². The average molecular weight is 212 g/mol. The van der Waals surface area contributed by atoms with E-state index in [1.165, 1.54) is 6.42 Å². The lowest BCUT2D eigenvalue weighted by Crippen LogP contribution is -2.44. The first-order chi connectivity index (χ1) is 6.94. The maximum Gasteiger partial charge on any atom is 0.237 e. The molecule has 1 aliphatic rings. The number of nitrogens with one attached hydrogen (secondary N) is 1. The van der Waals surface area contributed by atoms with Crippen LogP contribution < -0.4 is 11.1 Å². The summed E-state index contributed by atoms with van der Waals surface area (Å²) in [7, 11) is 0. The van der Waals surface area contributed by atoms with E-state index < -0.39 is 0 Å². The van der Waals surface area contributed by atoms with Gasteiger partial charge >= 0.3 is 0 Å². The van der Waals surface area contributed by atoms with E-state index in [-0.39, 0.29) is 11.9 Å². The molecule has 1 unspecified atom stereocenters. The molecule has 0 bridgehead atoms. The number of carbonyl (C=O) groups is 1. The summed E-state index contributed by atoms with van der Waals surface area (Å²) >= 11 is 0. The van der Waals surface area contributed by atoms with Gasteiger partial charge in [-0.2, -0.15) is 0 Å². The first-order valence-electron chi connectivity index (χ1n) is 6.00. The summed E-state index contributed by atoms with van der Waals surface area (Å²) in [6.45, 7) is 6.56. The molecule has 3 N–H and O–H groups in total. The standard InChI is InChI=1S/C12H24N2O/c1-4-5-10(13)11(15)14-9-6-7-12(2,3)8-9/h9-10H,4-8,13H2,1-3H3,(H,14,15)/t9?,10-/m0/s1. The first-order valence-corrected chi connectivity index (χ1v) is 6.00. The van der Waals surface area contributed by atoms with Gasteiger partial charge in [-0.25, -0.2) is 0 Å². The van der Waals surface area contributed by atoms with E-state index in [9.17, 15) is 4.79 Å². The zero-order valence-corrected chi connectivity index (χ0v) is 10.2. The molecule has 1 aliphatic carbocycles. The van der Waals surface area contributed by atoms with E-state index in [1.54, 1.807) is 0 Å². The first kappa shape index (κ1) is 12.5. The highest BCUT2D eigenvalue weighted by Gasteiger charge is 2.32. The van der Waals surface area contributed by atoms with Crippen LogP contribution in [0.1, 0.15) is 52.9 Å². The third-order valence-corrected chi connectivity index (χ3v) is 3.25. The molecule has 3 heteroatoms. The van der Waals surface area contributed by atoms with Gasteiger partial charge in [-0.3, -0.25) is 4.79 Å². The second-order valence-electron chi connectivity index (χ2n) is 5.51. The zero-order valence-electron chi connectivity index (χ0n) is 10.2. The normalized spacial score (nSPS) is 26.3. The van der Waals surface area contributed by atoms with Gasteiger partial charge in [0.15, 0.2) is 0 Å². The van der Waals surface area contributed by atoms with E-state index in [0.29, 0.717) is 11.5 Å². The van der Waals surface area contributed by atoms with Crippen molar-refractivity contribution < 1.29 is 4.79 Å². The Balaban J connectivity index is 2.33. The van der Waals surface area contributed by atoms with Gasteiger partial charge in [0.05, 0.1) is 6.04 Å². The molecule has 3 nitrogen and oxygen atoms in total. The van der Waals surface area contributed by atoms with Crippen LogP contribution in [-0.4, -0.2) is 18.0 Å². The van der Waals surface area contributed by atoms with Crippen LogP contribution in [0.5, 0.6) is 0 Å². The third-order valence-electron chi connectivity index (χ3n) is 3.25. The molecule has 0 heterocycles. The lowest BCUT2D eigenvalue weighted by Gasteiger charge is -2.19. The van der Waals surface area contributed by atoms with Crippen molar-refractivity contribution in [3.8, 4) is 0 Å². The summed E-state index contributed by atoms with van der Waals surface area (Å²) in [5, 5.41) is 3.06. The Kier molecular flexibility index (Phi) is 4.14. The minimum atomic E-state index is -0.321. The number of hydrogen-bond donors (Lipinski definition) is 2. The molecule has 88 valence electrons. The summed E-state index contributed by atoms with van der Waals surface area (Å²) in [5.74, 6) is 0.0274. The van der Waals surface area contributed by atoms with Crippen LogP contribution in [-0.2, 0) is 4.79 Å². The van der Waals surface area contributed by atoms with Crippen LogP contribution >= 0.6 is 0 Å². The average Bonchev–Trinajstić information content (AvgIpc) is 2.46. The molecule has 0 aromatic rings. The fourth-order valence-corrected chi connectivity index (χ4v) is 2.31. The molecule has 1 fully saturated rings. The smallest absolute Gasteiger partial charge is 0.237 e. The largest absolute Gasteiger partial charge is 0.352 e. The van der Waals surface area contributed by atoms with E-state index >= 15 is 0 Å². The lowest BCUT2D eigenvalue weighted by atomic mass is 9.92. The predicted molar refractivity (Wildman–Crippen MR) is 62.4 cm³/mol. The maximum atomic E-state index is 11.7. The van der Waals surface area contributed by atoms with Gasteiger partial charge in [-0.15, -0.1) is 0 Å². The molecule has 2 atom stereocenters. The van der Waals surface area contributed by atoms with Crippen molar-refractivity contribution in [1.82, 2.24) is 5.32 Å². The van der Waals surface area contributed by atoms with Gasteiger partial charge in [0.2, 0.25) is 5.91 Å². The zero-order chi connectivity index (χ0) is 11.5. The fourth-order valence-electron chi connectivity index (χ4n) is 2.31. The van der Waals surface area contributed by atoms with Crippen molar-refractivity contribution in [1.29, 1.82) is 0 Å². The second kappa shape index (κ2) is 4.97. The van der Waals surface area contributed by atoms with Gasteiger partial charge < -0.3 is 11.1 Å². The van der Waals surface area contributed by atoms with E-state index in [0.717, 1.165) is 25.7 Å². The number of amides is 1. The van der Waals surface area contributed by atoms with Crippen LogP contribution in [0.25, 0.3) is 0 Å². The SMILES string of the molecule is CCC[C@H](N)C(=O)NC1CCC(C)(C)C1. The number of hydrogen-bond acceptors (Lipinski definition) is 2. The molecule has 0 saturated heterocycles. The molecule has 1 amide bonds. The van der Waals surface area contributed by atoms with Crippen LogP contribution in [0.15, 0.2) is 0 Å². The highest BCUT2D eigenvalue weighted by Crippen LogP contribution is 2.36. The van der Waals surface area contributed by atoms with E-state index in [2.05, 4.69) is 19.2 Å². The van der Waals surface area contributed by atoms with Crippen LogP contribution in [0.4, 0.5) is 0 Å². The Labute approximate surface area is 92.8 Å². The van der Waals surface area contributed by atoms with Crippen LogP contribution in [0.2, 0.25) is 0 Å². The number of rotatable bonds is 4. The van der Waals surface area contributed by atoms with Crippen LogP contribution in [0, 0.1) is 5.41 Å². The molecule has 0 aliphatic heterocycles. The molecule has 0 radical (unpaired) electrons. The van der Waals surface area contributed by atoms with Crippen molar-refractivity contribution >= 4 is 5.91 Å². The van der Waals surface area contributed by atoms with Crippen molar-refractivity contribution in [3.63, 3.8) is 0 Å². The minimum Gasteiger partial charge on any atom is -0.352 e. The van der Waals surface area contributed by atoms with Crippen molar-refractivity contribution in [2.24, 2.45) is 11.1 Å². The Morgan fingerprint density at radius 3 is 2.73 bits per heavy atom. The second-order valence-corrected chi connectivity index (χ2v) is 5.51. The summed E-state index contributed by atoms with van der Waals surface area (Å²) in [4.78, 5) is 11.7. The van der Waals surface area contributed by atoms with Gasteiger partial charge in [0.25, 0.3) is 0 Å². The van der Waals surface area contributed by atoms with Gasteiger partial charge in [-0.1, -0.05) is 27.2 Å². The quantitative estimate of drug-likeness (QED) is 0.746. The highest BCUT2D eigenvalue weighted by molar-refractivity contribution is 5.81. The molecular weight excluding hydrogens is 188 g/mol. The monoisotopic (exact) mass is 212 g/mol. The van der Waals surface area contributed by atoms with Gasteiger partial charge in [-0.05, 0) is 31.1 Å². The summed E-state index contributed by atoms with van der Waals surface area (Å²) in [5.41, 5.74) is 6.14. The summed E-state index contributed by atoms with van der Waals surface area (Å²) in [6.07, 6.45) is 5.11. The molecule has 0 aromatic carbocycles. The number of nitrogens with two attached hydrogens (primary N) is 1. The van der Waals surface area contributed by atoms with Crippen molar-refractivity contribution in [2.45, 2.75) is 65.0 Å². The predicted octanol–water partition coefficient (Wildman–Crippen LogP) is 1.81. The van der Waals surface area contributed by atoms with Gasteiger partial charge in [0.1, 0.15) is 0 Å². The Morgan fingerprint density at radius 1 is 1.60 bits per heavy atom. The van der Waals surface area contributed by atoms with Gasteiger partial charge in [0, 0.05) is 6.04 Å². The Bertz CT molecular complexity index is 226. The van der Waals surface area contributed by atoms with Crippen LogP contribution in [0.3, 0.4) is 0 Å². The minimum absolute atomic E-state index is 0.0274. The van der Waals surface area contributed by atoms with E-state index in [1.807, 2.05) is 6.92 Å². The lowest BCUT2D eigenvalue weighted by molar-refractivity contribution is -0.123. The molecular formula is C12H24N2O. The number of carbonyl (C=O) groups excluding carboxylic acids is 1.